The summed E-state index contributed by atoms with van der Waals surface area (Å²) in [5.74, 6) is 0. The van der Waals surface area contributed by atoms with E-state index in [-0.39, 0.29) is 16.1 Å². The third kappa shape index (κ3) is 11.7. The van der Waals surface area contributed by atoms with Gasteiger partial charge in [0.25, 0.3) is 0 Å². The molecule has 0 aliphatic heterocycles. The van der Waals surface area contributed by atoms with E-state index in [2.05, 4.69) is 26.0 Å². The molecule has 0 fully saturated rings. The van der Waals surface area contributed by atoms with E-state index in [1.807, 2.05) is 0 Å². The lowest BCUT2D eigenvalue weighted by atomic mass is 10.1. The van der Waals surface area contributed by atoms with Crippen molar-refractivity contribution in [3.63, 3.8) is 0 Å². The average molecular weight is 314 g/mol. The highest BCUT2D eigenvalue weighted by molar-refractivity contribution is 6.25. The van der Waals surface area contributed by atoms with Gasteiger partial charge >= 0.3 is 0 Å². The van der Waals surface area contributed by atoms with Gasteiger partial charge in [0.1, 0.15) is 0 Å². The van der Waals surface area contributed by atoms with Gasteiger partial charge in [-0.25, -0.2) is 0 Å². The van der Waals surface area contributed by atoms with Crippen LogP contribution in [0.4, 0.5) is 0 Å². The van der Waals surface area contributed by atoms with Crippen LogP contribution in [0.5, 0.6) is 0 Å². The Bertz CT molecular complexity index is 204. The van der Waals surface area contributed by atoms with E-state index >= 15 is 0 Å². The monoisotopic (exact) mass is 312 g/mol. The first-order valence-corrected chi connectivity index (χ1v) is 8.48. The maximum Gasteiger partial charge on any atom is 0.0384 e. The predicted molar refractivity (Wildman–Crippen MR) is 86.3 cm³/mol. The Balaban J connectivity index is 3.68. The summed E-state index contributed by atoms with van der Waals surface area (Å²) in [5, 5.41) is 0.439. The van der Waals surface area contributed by atoms with E-state index in [4.69, 9.17) is 34.8 Å². The van der Waals surface area contributed by atoms with E-state index in [9.17, 15) is 0 Å². The molecule has 0 aromatic carbocycles. The Kier molecular flexibility index (Phi) is 13.1. The Labute approximate surface area is 128 Å². The van der Waals surface area contributed by atoms with Crippen LogP contribution >= 0.6 is 34.8 Å². The van der Waals surface area contributed by atoms with Crippen molar-refractivity contribution in [2.45, 2.75) is 81.3 Å². The van der Waals surface area contributed by atoms with E-state index in [1.165, 1.54) is 19.3 Å². The smallest absolute Gasteiger partial charge is 0.0384 e. The lowest BCUT2D eigenvalue weighted by Crippen LogP contribution is -2.13. The van der Waals surface area contributed by atoms with Gasteiger partial charge in [-0.15, -0.1) is 34.8 Å². The molecule has 3 atom stereocenters. The molecule has 0 N–H and O–H groups in total. The molecule has 0 heterocycles. The summed E-state index contributed by atoms with van der Waals surface area (Å²) < 4.78 is 0. The number of hydrogen-bond acceptors (Lipinski definition) is 0. The fourth-order valence-electron chi connectivity index (χ4n) is 1.82. The highest BCUT2D eigenvalue weighted by atomic mass is 35.5. The quantitative estimate of drug-likeness (QED) is 0.300. The summed E-state index contributed by atoms with van der Waals surface area (Å²) >= 11 is 18.8. The highest BCUT2D eigenvalue weighted by Crippen LogP contribution is 2.23. The topological polar surface area (TPSA) is 0 Å². The zero-order valence-electron chi connectivity index (χ0n) is 11.7. The average Bonchev–Trinajstić information content (AvgIpc) is 2.31. The van der Waals surface area contributed by atoms with Crippen LogP contribution in [0.25, 0.3) is 0 Å². The van der Waals surface area contributed by atoms with Crippen LogP contribution in [0.1, 0.15) is 65.2 Å². The van der Waals surface area contributed by atoms with Crippen LogP contribution in [-0.2, 0) is 0 Å². The Hall–Kier alpha value is 0.610. The first-order valence-electron chi connectivity index (χ1n) is 7.17. The molecule has 18 heavy (non-hydrogen) atoms. The standard InChI is InChI=1S/C15H27Cl3/c1-3-5-7-8-10-14(17)12-15(18)11-13(16)9-6-4-2/h7-8,13-15H,3-6,9-12H2,1-2H3. The molecule has 0 saturated carbocycles. The fourth-order valence-corrected chi connectivity index (χ4v) is 3.12. The van der Waals surface area contributed by atoms with Crippen molar-refractivity contribution in [2.24, 2.45) is 0 Å². The first kappa shape index (κ1) is 18.6. The number of alkyl halides is 3. The Morgan fingerprint density at radius 3 is 2.11 bits per heavy atom. The normalized spacial score (nSPS) is 16.9. The molecule has 0 aliphatic carbocycles. The Morgan fingerprint density at radius 1 is 0.833 bits per heavy atom. The minimum absolute atomic E-state index is 0.103. The maximum atomic E-state index is 6.30. The summed E-state index contributed by atoms with van der Waals surface area (Å²) in [4.78, 5) is 0. The lowest BCUT2D eigenvalue weighted by Gasteiger charge is -2.16. The molecule has 0 rings (SSSR count). The van der Waals surface area contributed by atoms with Crippen molar-refractivity contribution in [2.75, 3.05) is 0 Å². The van der Waals surface area contributed by atoms with Gasteiger partial charge in [-0.05, 0) is 32.1 Å². The van der Waals surface area contributed by atoms with E-state index in [0.717, 1.165) is 32.1 Å². The van der Waals surface area contributed by atoms with E-state index in [0.29, 0.717) is 0 Å². The van der Waals surface area contributed by atoms with Crippen molar-refractivity contribution in [3.8, 4) is 0 Å². The third-order valence-corrected chi connectivity index (χ3v) is 4.02. The molecule has 3 heteroatoms. The minimum atomic E-state index is 0.103. The lowest BCUT2D eigenvalue weighted by molar-refractivity contribution is 0.592. The van der Waals surface area contributed by atoms with Gasteiger partial charge in [-0.3, -0.25) is 0 Å². The molecular formula is C15H27Cl3. The minimum Gasteiger partial charge on any atom is -0.123 e. The van der Waals surface area contributed by atoms with Gasteiger partial charge in [0.2, 0.25) is 0 Å². The summed E-state index contributed by atoms with van der Waals surface area (Å²) in [6.07, 6.45) is 12.7. The van der Waals surface area contributed by atoms with Crippen LogP contribution in [0.15, 0.2) is 12.2 Å². The second kappa shape index (κ2) is 12.6. The summed E-state index contributed by atoms with van der Waals surface area (Å²) in [6.45, 7) is 4.35. The van der Waals surface area contributed by atoms with Crippen molar-refractivity contribution in [1.82, 2.24) is 0 Å². The molecule has 3 unspecified atom stereocenters. The van der Waals surface area contributed by atoms with Gasteiger partial charge < -0.3 is 0 Å². The molecule has 0 spiro atoms. The third-order valence-electron chi connectivity index (χ3n) is 2.91. The van der Waals surface area contributed by atoms with Crippen LogP contribution in [-0.4, -0.2) is 16.1 Å². The molecule has 0 aliphatic rings. The van der Waals surface area contributed by atoms with Crippen molar-refractivity contribution < 1.29 is 0 Å². The fraction of sp³-hybridized carbons (Fsp3) is 0.867. The van der Waals surface area contributed by atoms with Crippen molar-refractivity contribution in [1.29, 1.82) is 0 Å². The first-order chi connectivity index (χ1) is 8.60. The van der Waals surface area contributed by atoms with Crippen LogP contribution < -0.4 is 0 Å². The second-order valence-electron chi connectivity index (χ2n) is 4.90. The van der Waals surface area contributed by atoms with Crippen molar-refractivity contribution >= 4 is 34.8 Å². The molecule has 108 valence electrons. The Morgan fingerprint density at radius 2 is 1.50 bits per heavy atom. The molecule has 0 aromatic heterocycles. The molecular weight excluding hydrogens is 287 g/mol. The van der Waals surface area contributed by atoms with Crippen molar-refractivity contribution in [3.05, 3.63) is 12.2 Å². The van der Waals surface area contributed by atoms with Crippen LogP contribution in [0, 0.1) is 0 Å². The maximum absolute atomic E-state index is 6.30. The number of unbranched alkanes of at least 4 members (excludes halogenated alkanes) is 2. The van der Waals surface area contributed by atoms with Gasteiger partial charge in [0.05, 0.1) is 0 Å². The molecule has 0 bridgehead atoms. The largest absolute Gasteiger partial charge is 0.123 e. The second-order valence-corrected chi connectivity index (χ2v) is 6.75. The van der Waals surface area contributed by atoms with Gasteiger partial charge in [-0.1, -0.05) is 45.3 Å². The zero-order chi connectivity index (χ0) is 13.8. The van der Waals surface area contributed by atoms with Gasteiger partial charge in [-0.2, -0.15) is 0 Å². The highest BCUT2D eigenvalue weighted by Gasteiger charge is 2.15. The molecule has 0 nitrogen and oxygen atoms in total. The molecule has 0 saturated heterocycles. The van der Waals surface area contributed by atoms with E-state index < -0.39 is 0 Å². The predicted octanol–water partition coefficient (Wildman–Crippen LogP) is 6.53. The van der Waals surface area contributed by atoms with Crippen LogP contribution in [0.3, 0.4) is 0 Å². The summed E-state index contributed by atoms with van der Waals surface area (Å²) in [5.41, 5.74) is 0. The number of rotatable bonds is 11. The van der Waals surface area contributed by atoms with Gasteiger partial charge in [0, 0.05) is 16.1 Å². The molecule has 0 radical (unpaired) electrons. The summed E-state index contributed by atoms with van der Waals surface area (Å²) in [7, 11) is 0. The summed E-state index contributed by atoms with van der Waals surface area (Å²) in [6, 6.07) is 0. The zero-order valence-corrected chi connectivity index (χ0v) is 13.9. The van der Waals surface area contributed by atoms with Crippen LogP contribution in [0.2, 0.25) is 0 Å². The molecule has 0 amide bonds. The molecule has 0 aromatic rings. The SMILES string of the molecule is CCCC=CCC(Cl)CC(Cl)CC(Cl)CCCC. The number of halogens is 3. The number of allylic oxidation sites excluding steroid dienone is 2. The van der Waals surface area contributed by atoms with Gasteiger partial charge in [0.15, 0.2) is 0 Å². The van der Waals surface area contributed by atoms with E-state index in [1.54, 1.807) is 0 Å². The number of hydrogen-bond donors (Lipinski definition) is 0.